The van der Waals surface area contributed by atoms with Gasteiger partial charge in [-0.15, -0.1) is 0 Å². The SMILES string of the molecule is CCOC1CC(NCCOCC(F)F)C1. The maximum atomic E-state index is 11.7. The summed E-state index contributed by atoms with van der Waals surface area (Å²) in [6.07, 6.45) is 0.0521. The van der Waals surface area contributed by atoms with Crippen molar-refractivity contribution < 1.29 is 18.3 Å². The summed E-state index contributed by atoms with van der Waals surface area (Å²) in [6.45, 7) is 3.26. The molecule has 3 nitrogen and oxygen atoms in total. The molecule has 0 aromatic rings. The van der Waals surface area contributed by atoms with Crippen LogP contribution in [0.4, 0.5) is 8.78 Å². The Kier molecular flexibility index (Phi) is 6.05. The molecule has 0 bridgehead atoms. The van der Waals surface area contributed by atoms with E-state index in [1.165, 1.54) is 0 Å². The van der Waals surface area contributed by atoms with E-state index in [4.69, 9.17) is 9.47 Å². The molecule has 0 unspecified atom stereocenters. The van der Waals surface area contributed by atoms with E-state index >= 15 is 0 Å². The van der Waals surface area contributed by atoms with Crippen molar-refractivity contribution in [1.29, 1.82) is 0 Å². The highest BCUT2D eigenvalue weighted by Crippen LogP contribution is 2.22. The van der Waals surface area contributed by atoms with Crippen LogP contribution in [0.5, 0.6) is 0 Å². The van der Waals surface area contributed by atoms with Crippen LogP contribution in [-0.4, -0.2) is 44.9 Å². The lowest BCUT2D eigenvalue weighted by Crippen LogP contribution is -2.46. The molecule has 1 rings (SSSR count). The van der Waals surface area contributed by atoms with E-state index in [1.807, 2.05) is 6.92 Å². The molecule has 0 spiro atoms. The van der Waals surface area contributed by atoms with Crippen molar-refractivity contribution in [2.24, 2.45) is 0 Å². The molecule has 0 aromatic carbocycles. The number of nitrogens with one attached hydrogen (secondary N) is 1. The summed E-state index contributed by atoms with van der Waals surface area (Å²) >= 11 is 0. The zero-order valence-corrected chi connectivity index (χ0v) is 9.05. The Morgan fingerprint density at radius 3 is 2.73 bits per heavy atom. The Bertz CT molecular complexity index is 164. The average molecular weight is 223 g/mol. The molecule has 1 aliphatic rings. The van der Waals surface area contributed by atoms with E-state index in [2.05, 4.69) is 5.32 Å². The van der Waals surface area contributed by atoms with Crippen LogP contribution in [-0.2, 0) is 9.47 Å². The predicted octanol–water partition coefficient (Wildman–Crippen LogP) is 1.43. The molecule has 1 fully saturated rings. The molecule has 5 heteroatoms. The zero-order valence-electron chi connectivity index (χ0n) is 9.05. The first-order chi connectivity index (χ1) is 7.22. The molecule has 0 aromatic heterocycles. The lowest BCUT2D eigenvalue weighted by Gasteiger charge is -2.35. The second-order valence-corrected chi connectivity index (χ2v) is 3.67. The van der Waals surface area contributed by atoms with E-state index in [-0.39, 0.29) is 0 Å². The van der Waals surface area contributed by atoms with Gasteiger partial charge in [-0.25, -0.2) is 8.78 Å². The quantitative estimate of drug-likeness (QED) is 0.631. The fourth-order valence-corrected chi connectivity index (χ4v) is 1.61. The topological polar surface area (TPSA) is 30.5 Å². The Hall–Kier alpha value is -0.260. The van der Waals surface area contributed by atoms with E-state index < -0.39 is 13.0 Å². The summed E-state index contributed by atoms with van der Waals surface area (Å²) in [6, 6.07) is 0.469. The molecule has 0 atom stereocenters. The first kappa shape index (κ1) is 12.8. The van der Waals surface area contributed by atoms with Crippen LogP contribution in [0.25, 0.3) is 0 Å². The molecular formula is C10H19F2NO2. The predicted molar refractivity (Wildman–Crippen MR) is 53.3 cm³/mol. The number of hydrogen-bond acceptors (Lipinski definition) is 3. The molecule has 0 radical (unpaired) electrons. The Morgan fingerprint density at radius 1 is 1.40 bits per heavy atom. The van der Waals surface area contributed by atoms with Crippen molar-refractivity contribution in [3.63, 3.8) is 0 Å². The Labute approximate surface area is 89.1 Å². The van der Waals surface area contributed by atoms with Crippen molar-refractivity contribution in [2.45, 2.75) is 38.3 Å². The van der Waals surface area contributed by atoms with Gasteiger partial charge >= 0.3 is 0 Å². The molecule has 0 aliphatic heterocycles. The van der Waals surface area contributed by atoms with Gasteiger partial charge in [-0.3, -0.25) is 0 Å². The third-order valence-electron chi connectivity index (χ3n) is 2.42. The highest BCUT2D eigenvalue weighted by Gasteiger charge is 2.28. The zero-order chi connectivity index (χ0) is 11.1. The molecule has 1 aliphatic carbocycles. The van der Waals surface area contributed by atoms with Gasteiger partial charge in [-0.2, -0.15) is 0 Å². The summed E-state index contributed by atoms with van der Waals surface area (Å²) in [7, 11) is 0. The van der Waals surface area contributed by atoms with Crippen LogP contribution >= 0.6 is 0 Å². The fraction of sp³-hybridized carbons (Fsp3) is 1.00. The molecule has 1 saturated carbocycles. The second-order valence-electron chi connectivity index (χ2n) is 3.67. The minimum absolute atomic E-state index is 0.347. The van der Waals surface area contributed by atoms with Crippen LogP contribution in [0.15, 0.2) is 0 Å². The van der Waals surface area contributed by atoms with Crippen molar-refractivity contribution >= 4 is 0 Å². The van der Waals surface area contributed by atoms with Gasteiger partial charge in [0.2, 0.25) is 0 Å². The van der Waals surface area contributed by atoms with E-state index in [0.717, 1.165) is 19.4 Å². The van der Waals surface area contributed by atoms with Crippen molar-refractivity contribution in [3.8, 4) is 0 Å². The van der Waals surface area contributed by atoms with Crippen LogP contribution < -0.4 is 5.32 Å². The van der Waals surface area contributed by atoms with E-state index in [1.54, 1.807) is 0 Å². The average Bonchev–Trinajstić information content (AvgIpc) is 2.12. The molecule has 1 N–H and O–H groups in total. The molecular weight excluding hydrogens is 204 g/mol. The third-order valence-corrected chi connectivity index (χ3v) is 2.42. The molecule has 15 heavy (non-hydrogen) atoms. The second kappa shape index (κ2) is 7.09. The van der Waals surface area contributed by atoms with Crippen LogP contribution in [0.3, 0.4) is 0 Å². The summed E-state index contributed by atoms with van der Waals surface area (Å²) < 4.78 is 33.5. The van der Waals surface area contributed by atoms with E-state index in [0.29, 0.717) is 25.3 Å². The molecule has 0 saturated heterocycles. The number of halogens is 2. The van der Waals surface area contributed by atoms with Gasteiger partial charge < -0.3 is 14.8 Å². The number of rotatable bonds is 8. The van der Waals surface area contributed by atoms with Crippen molar-refractivity contribution in [2.75, 3.05) is 26.4 Å². The van der Waals surface area contributed by atoms with Gasteiger partial charge in [0, 0.05) is 19.2 Å². The maximum absolute atomic E-state index is 11.7. The van der Waals surface area contributed by atoms with Gasteiger partial charge in [0.15, 0.2) is 0 Å². The van der Waals surface area contributed by atoms with Gasteiger partial charge in [0.05, 0.1) is 12.7 Å². The third kappa shape index (κ3) is 5.39. The van der Waals surface area contributed by atoms with Crippen LogP contribution in [0, 0.1) is 0 Å². The normalized spacial score (nSPS) is 25.6. The number of alkyl halides is 2. The van der Waals surface area contributed by atoms with E-state index in [9.17, 15) is 8.78 Å². The maximum Gasteiger partial charge on any atom is 0.261 e. The summed E-state index contributed by atoms with van der Waals surface area (Å²) in [5.74, 6) is 0. The smallest absolute Gasteiger partial charge is 0.261 e. The fourth-order valence-electron chi connectivity index (χ4n) is 1.61. The Morgan fingerprint density at radius 2 is 2.13 bits per heavy atom. The van der Waals surface area contributed by atoms with Crippen LogP contribution in [0.2, 0.25) is 0 Å². The number of hydrogen-bond donors (Lipinski definition) is 1. The van der Waals surface area contributed by atoms with Gasteiger partial charge in [0.1, 0.15) is 6.61 Å². The minimum atomic E-state index is -2.36. The highest BCUT2D eigenvalue weighted by molar-refractivity contribution is 4.85. The monoisotopic (exact) mass is 223 g/mol. The standard InChI is InChI=1S/C10H19F2NO2/c1-2-15-9-5-8(6-9)13-3-4-14-7-10(11)12/h8-10,13H,2-7H2,1H3. The summed E-state index contributed by atoms with van der Waals surface area (Å²) in [5, 5.41) is 3.23. The van der Waals surface area contributed by atoms with Crippen LogP contribution in [0.1, 0.15) is 19.8 Å². The lowest BCUT2D eigenvalue weighted by atomic mass is 9.89. The van der Waals surface area contributed by atoms with Crippen molar-refractivity contribution in [1.82, 2.24) is 5.32 Å². The molecule has 0 amide bonds. The van der Waals surface area contributed by atoms with Gasteiger partial charge in [-0.05, 0) is 19.8 Å². The first-order valence-electron chi connectivity index (χ1n) is 5.43. The summed E-state index contributed by atoms with van der Waals surface area (Å²) in [4.78, 5) is 0. The molecule has 90 valence electrons. The van der Waals surface area contributed by atoms with Gasteiger partial charge in [-0.1, -0.05) is 0 Å². The molecule has 0 heterocycles. The Balaban J connectivity index is 1.82. The lowest BCUT2D eigenvalue weighted by molar-refractivity contribution is -0.0145. The first-order valence-corrected chi connectivity index (χ1v) is 5.43. The largest absolute Gasteiger partial charge is 0.378 e. The van der Waals surface area contributed by atoms with Gasteiger partial charge in [0.25, 0.3) is 6.43 Å². The summed E-state index contributed by atoms with van der Waals surface area (Å²) in [5.41, 5.74) is 0. The van der Waals surface area contributed by atoms with Crippen molar-refractivity contribution in [3.05, 3.63) is 0 Å². The minimum Gasteiger partial charge on any atom is -0.378 e. The highest BCUT2D eigenvalue weighted by atomic mass is 19.3. The number of ether oxygens (including phenoxy) is 2.